The van der Waals surface area contributed by atoms with E-state index in [0.29, 0.717) is 16.5 Å². The van der Waals surface area contributed by atoms with Crippen LogP contribution in [0.25, 0.3) is 0 Å². The standard InChI is InChI=1S/C16H17ClN6O/c1-10(23-8-7-18-11(23)2)12-3-4-14(13(17)9-12)20-16(24)21-15-5-6-19-22-15/h3-10H,1-2H3,(H3,19,20,21,22,24)/t10-/m0/s1. The normalized spacial score (nSPS) is 12.0. The van der Waals surface area contributed by atoms with Gasteiger partial charge in [0.05, 0.1) is 22.9 Å². The number of carbonyl (C=O) groups excluding carboxylic acids is 1. The number of aromatic amines is 1. The molecule has 124 valence electrons. The molecule has 3 aromatic rings. The number of hydrogen-bond donors (Lipinski definition) is 3. The number of anilines is 2. The smallest absolute Gasteiger partial charge is 0.324 e. The minimum Gasteiger partial charge on any atom is -0.328 e. The highest BCUT2D eigenvalue weighted by Gasteiger charge is 2.13. The van der Waals surface area contributed by atoms with Crippen LogP contribution in [0.15, 0.2) is 42.9 Å². The van der Waals surface area contributed by atoms with Crippen molar-refractivity contribution in [1.82, 2.24) is 19.7 Å². The Hall–Kier alpha value is -2.80. The molecule has 2 heterocycles. The summed E-state index contributed by atoms with van der Waals surface area (Å²) in [5.41, 5.74) is 1.56. The zero-order valence-electron chi connectivity index (χ0n) is 13.2. The highest BCUT2D eigenvalue weighted by Crippen LogP contribution is 2.28. The summed E-state index contributed by atoms with van der Waals surface area (Å²) < 4.78 is 2.06. The summed E-state index contributed by atoms with van der Waals surface area (Å²) in [5.74, 6) is 1.43. The fraction of sp³-hybridized carbons (Fsp3) is 0.188. The number of amides is 2. The number of aryl methyl sites for hydroxylation is 1. The van der Waals surface area contributed by atoms with E-state index < -0.39 is 6.03 Å². The highest BCUT2D eigenvalue weighted by atomic mass is 35.5. The van der Waals surface area contributed by atoms with E-state index in [4.69, 9.17) is 11.6 Å². The SMILES string of the molecule is Cc1nccn1[C@@H](C)c1ccc(NC(=O)Nc2ccn[nH]2)c(Cl)c1. The first kappa shape index (κ1) is 16.1. The number of nitrogens with one attached hydrogen (secondary N) is 3. The lowest BCUT2D eigenvalue weighted by Gasteiger charge is -2.17. The summed E-state index contributed by atoms with van der Waals surface area (Å²) >= 11 is 6.31. The van der Waals surface area contributed by atoms with E-state index in [9.17, 15) is 4.79 Å². The van der Waals surface area contributed by atoms with E-state index >= 15 is 0 Å². The third kappa shape index (κ3) is 3.41. The van der Waals surface area contributed by atoms with E-state index in [0.717, 1.165) is 11.4 Å². The Morgan fingerprint density at radius 2 is 2.12 bits per heavy atom. The van der Waals surface area contributed by atoms with Crippen LogP contribution >= 0.6 is 11.6 Å². The second-order valence-corrected chi connectivity index (χ2v) is 5.75. The van der Waals surface area contributed by atoms with Gasteiger partial charge in [-0.3, -0.25) is 10.4 Å². The predicted octanol–water partition coefficient (Wildman–Crippen LogP) is 3.82. The quantitative estimate of drug-likeness (QED) is 0.672. The monoisotopic (exact) mass is 344 g/mol. The molecule has 1 aromatic carbocycles. The van der Waals surface area contributed by atoms with E-state index in [1.807, 2.05) is 25.3 Å². The van der Waals surface area contributed by atoms with Crippen molar-refractivity contribution in [2.45, 2.75) is 19.9 Å². The van der Waals surface area contributed by atoms with Crippen LogP contribution < -0.4 is 10.6 Å². The van der Waals surface area contributed by atoms with Crippen LogP contribution in [0.3, 0.4) is 0 Å². The first-order valence-corrected chi connectivity index (χ1v) is 7.78. The van der Waals surface area contributed by atoms with E-state index in [1.54, 1.807) is 24.5 Å². The van der Waals surface area contributed by atoms with Gasteiger partial charge in [0.25, 0.3) is 0 Å². The Morgan fingerprint density at radius 1 is 1.29 bits per heavy atom. The van der Waals surface area contributed by atoms with Crippen LogP contribution in [0, 0.1) is 6.92 Å². The molecule has 0 spiro atoms. The summed E-state index contributed by atoms with van der Waals surface area (Å²) in [6.45, 7) is 4.02. The number of H-pyrrole nitrogens is 1. The zero-order chi connectivity index (χ0) is 17.1. The zero-order valence-corrected chi connectivity index (χ0v) is 14.0. The molecule has 0 saturated heterocycles. The van der Waals surface area contributed by atoms with E-state index in [-0.39, 0.29) is 6.04 Å². The molecule has 0 aliphatic carbocycles. The Balaban J connectivity index is 1.73. The Morgan fingerprint density at radius 3 is 2.75 bits per heavy atom. The lowest BCUT2D eigenvalue weighted by Crippen LogP contribution is -2.20. The number of nitrogens with zero attached hydrogens (tertiary/aromatic N) is 3. The molecular weight excluding hydrogens is 328 g/mol. The van der Waals surface area contributed by atoms with Gasteiger partial charge in [-0.25, -0.2) is 9.78 Å². The average Bonchev–Trinajstić information content (AvgIpc) is 3.20. The van der Waals surface area contributed by atoms with Crippen molar-refractivity contribution in [3.63, 3.8) is 0 Å². The van der Waals surface area contributed by atoms with Crippen LogP contribution in [0.4, 0.5) is 16.3 Å². The highest BCUT2D eigenvalue weighted by molar-refractivity contribution is 6.33. The van der Waals surface area contributed by atoms with Gasteiger partial charge >= 0.3 is 6.03 Å². The second kappa shape index (κ2) is 6.76. The first-order valence-electron chi connectivity index (χ1n) is 7.41. The molecule has 0 aliphatic heterocycles. The van der Waals surface area contributed by atoms with Crippen LogP contribution in [-0.2, 0) is 0 Å². The third-order valence-electron chi connectivity index (χ3n) is 3.75. The maximum absolute atomic E-state index is 11.9. The molecule has 0 unspecified atom stereocenters. The third-order valence-corrected chi connectivity index (χ3v) is 4.06. The summed E-state index contributed by atoms with van der Waals surface area (Å²) in [6.07, 6.45) is 5.25. The van der Waals surface area contributed by atoms with Crippen molar-refractivity contribution in [3.8, 4) is 0 Å². The van der Waals surface area contributed by atoms with E-state index in [1.165, 1.54) is 0 Å². The van der Waals surface area contributed by atoms with Gasteiger partial charge in [0.2, 0.25) is 0 Å². The minimum absolute atomic E-state index is 0.0952. The number of aromatic nitrogens is 4. The Kier molecular flexibility index (Phi) is 4.52. The number of rotatable bonds is 4. The fourth-order valence-corrected chi connectivity index (χ4v) is 2.69. The van der Waals surface area contributed by atoms with Gasteiger partial charge in [-0.15, -0.1) is 0 Å². The number of hydrogen-bond acceptors (Lipinski definition) is 3. The van der Waals surface area contributed by atoms with Crippen molar-refractivity contribution < 1.29 is 4.79 Å². The fourth-order valence-electron chi connectivity index (χ4n) is 2.45. The summed E-state index contributed by atoms with van der Waals surface area (Å²) in [5, 5.41) is 12.2. The Labute approximate surface area is 144 Å². The molecule has 3 N–H and O–H groups in total. The number of urea groups is 1. The molecule has 2 amide bonds. The van der Waals surface area contributed by atoms with Gasteiger partial charge in [0, 0.05) is 18.5 Å². The van der Waals surface area contributed by atoms with Gasteiger partial charge < -0.3 is 9.88 Å². The molecule has 8 heteroatoms. The summed E-state index contributed by atoms with van der Waals surface area (Å²) in [6, 6.07) is 6.91. The van der Waals surface area contributed by atoms with Crippen molar-refractivity contribution >= 4 is 29.1 Å². The molecule has 0 radical (unpaired) electrons. The van der Waals surface area contributed by atoms with Crippen molar-refractivity contribution in [1.29, 1.82) is 0 Å². The maximum Gasteiger partial charge on any atom is 0.324 e. The molecule has 0 aliphatic rings. The first-order chi connectivity index (χ1) is 11.5. The average molecular weight is 345 g/mol. The van der Waals surface area contributed by atoms with Crippen LogP contribution in [-0.4, -0.2) is 25.8 Å². The van der Waals surface area contributed by atoms with E-state index in [2.05, 4.69) is 37.3 Å². The molecule has 2 aromatic heterocycles. The van der Waals surface area contributed by atoms with Crippen molar-refractivity contribution in [2.24, 2.45) is 0 Å². The largest absolute Gasteiger partial charge is 0.328 e. The predicted molar refractivity (Wildman–Crippen MR) is 93.5 cm³/mol. The summed E-state index contributed by atoms with van der Waals surface area (Å²) in [7, 11) is 0. The number of benzene rings is 1. The van der Waals surface area contributed by atoms with Crippen molar-refractivity contribution in [3.05, 3.63) is 59.3 Å². The van der Waals surface area contributed by atoms with Gasteiger partial charge in [-0.2, -0.15) is 5.10 Å². The lowest BCUT2D eigenvalue weighted by molar-refractivity contribution is 0.262. The Bertz CT molecular complexity index is 842. The molecule has 7 nitrogen and oxygen atoms in total. The minimum atomic E-state index is -0.396. The molecule has 3 rings (SSSR count). The molecular formula is C16H17ClN6O. The lowest BCUT2D eigenvalue weighted by atomic mass is 10.1. The van der Waals surface area contributed by atoms with Gasteiger partial charge in [-0.05, 0) is 31.5 Å². The molecule has 0 fully saturated rings. The molecule has 1 atom stereocenters. The second-order valence-electron chi connectivity index (χ2n) is 5.35. The van der Waals surface area contributed by atoms with Crippen LogP contribution in [0.1, 0.15) is 24.4 Å². The topological polar surface area (TPSA) is 87.6 Å². The molecule has 0 saturated carbocycles. The number of carbonyl (C=O) groups is 1. The molecule has 24 heavy (non-hydrogen) atoms. The number of halogens is 1. The maximum atomic E-state index is 11.9. The van der Waals surface area contributed by atoms with Gasteiger partial charge in [0.15, 0.2) is 0 Å². The number of imidazole rings is 1. The van der Waals surface area contributed by atoms with Gasteiger partial charge in [-0.1, -0.05) is 17.7 Å². The molecule has 0 bridgehead atoms. The van der Waals surface area contributed by atoms with Gasteiger partial charge in [0.1, 0.15) is 11.6 Å². The van der Waals surface area contributed by atoms with Crippen molar-refractivity contribution in [2.75, 3.05) is 10.6 Å². The van der Waals surface area contributed by atoms with Crippen LogP contribution in [0.5, 0.6) is 0 Å². The van der Waals surface area contributed by atoms with Crippen LogP contribution in [0.2, 0.25) is 5.02 Å². The summed E-state index contributed by atoms with van der Waals surface area (Å²) in [4.78, 5) is 16.2.